The number of nitrogens with one attached hydrogen (secondary N) is 2. The Morgan fingerprint density at radius 3 is 2.46 bits per heavy atom. The number of hydrogen-bond donors (Lipinski definition) is 2. The lowest BCUT2D eigenvalue weighted by atomic mass is 9.74. The molecule has 3 rings (SSSR count). The van der Waals surface area contributed by atoms with Gasteiger partial charge in [-0.05, 0) is 42.2 Å². The van der Waals surface area contributed by atoms with Crippen LogP contribution in [0.4, 0.5) is 0 Å². The van der Waals surface area contributed by atoms with E-state index in [4.69, 9.17) is 21.1 Å². The number of guanidine groups is 1. The minimum atomic E-state index is 0.00648. The second-order valence-electron chi connectivity index (χ2n) is 6.99. The van der Waals surface area contributed by atoms with Crippen molar-refractivity contribution in [3.8, 4) is 5.75 Å². The molecular formula is C22H28ClN3O2. The van der Waals surface area contributed by atoms with Crippen LogP contribution in [-0.2, 0) is 16.7 Å². The fourth-order valence-electron chi connectivity index (χ4n) is 3.57. The summed E-state index contributed by atoms with van der Waals surface area (Å²) in [6.07, 6.45) is 1.93. The molecule has 1 fully saturated rings. The summed E-state index contributed by atoms with van der Waals surface area (Å²) >= 11 is 6.25. The normalized spacial score (nSPS) is 16.5. The first-order valence-electron chi connectivity index (χ1n) is 9.57. The molecule has 5 nitrogen and oxygen atoms in total. The third-order valence-electron chi connectivity index (χ3n) is 5.37. The number of aliphatic imine (C=N–C) groups is 1. The highest BCUT2D eigenvalue weighted by molar-refractivity contribution is 6.31. The van der Waals surface area contributed by atoms with Crippen molar-refractivity contribution < 1.29 is 9.47 Å². The predicted molar refractivity (Wildman–Crippen MR) is 114 cm³/mol. The van der Waals surface area contributed by atoms with Gasteiger partial charge in [-0.1, -0.05) is 41.9 Å². The number of benzene rings is 2. The van der Waals surface area contributed by atoms with Crippen molar-refractivity contribution >= 4 is 17.6 Å². The molecule has 0 amide bonds. The molecule has 2 N–H and O–H groups in total. The highest BCUT2D eigenvalue weighted by Gasteiger charge is 2.34. The SMILES string of the molecule is CN=C(NCc1ccccc1Cl)NCC1(c2ccc(OC)cc2)CCOCC1. The molecule has 0 bridgehead atoms. The van der Waals surface area contributed by atoms with E-state index < -0.39 is 0 Å². The number of methoxy groups -OCH3 is 1. The lowest BCUT2D eigenvalue weighted by molar-refractivity contribution is 0.0513. The number of halogens is 1. The second-order valence-corrected chi connectivity index (χ2v) is 7.40. The number of hydrogen-bond acceptors (Lipinski definition) is 3. The maximum Gasteiger partial charge on any atom is 0.191 e. The van der Waals surface area contributed by atoms with E-state index in [9.17, 15) is 0 Å². The topological polar surface area (TPSA) is 54.9 Å². The molecule has 0 aliphatic carbocycles. The van der Waals surface area contributed by atoms with Gasteiger partial charge >= 0.3 is 0 Å². The summed E-state index contributed by atoms with van der Waals surface area (Å²) in [5.41, 5.74) is 2.35. The molecule has 0 atom stereocenters. The Labute approximate surface area is 172 Å². The molecule has 28 heavy (non-hydrogen) atoms. The molecule has 0 saturated carbocycles. The Morgan fingerprint density at radius 2 is 1.82 bits per heavy atom. The van der Waals surface area contributed by atoms with E-state index in [1.54, 1.807) is 14.2 Å². The first-order chi connectivity index (χ1) is 13.7. The standard InChI is InChI=1S/C22H28ClN3O2/c1-24-21(25-15-17-5-3-4-6-20(17)23)26-16-22(11-13-28-14-12-22)18-7-9-19(27-2)10-8-18/h3-10H,11-16H2,1-2H3,(H2,24,25,26). The Hall–Kier alpha value is -2.24. The lowest BCUT2D eigenvalue weighted by Crippen LogP contribution is -2.47. The lowest BCUT2D eigenvalue weighted by Gasteiger charge is -2.38. The minimum absolute atomic E-state index is 0.00648. The zero-order valence-electron chi connectivity index (χ0n) is 16.5. The predicted octanol–water partition coefficient (Wildman–Crippen LogP) is 3.76. The zero-order chi connectivity index (χ0) is 19.8. The summed E-state index contributed by atoms with van der Waals surface area (Å²) < 4.78 is 10.9. The Kier molecular flexibility index (Phi) is 7.18. The third-order valence-corrected chi connectivity index (χ3v) is 5.74. The van der Waals surface area contributed by atoms with Crippen LogP contribution < -0.4 is 15.4 Å². The second kappa shape index (κ2) is 9.80. The van der Waals surface area contributed by atoms with Gasteiger partial charge in [0.2, 0.25) is 0 Å². The van der Waals surface area contributed by atoms with Crippen molar-refractivity contribution in [2.24, 2.45) is 4.99 Å². The van der Waals surface area contributed by atoms with Crippen LogP contribution in [0.25, 0.3) is 0 Å². The first-order valence-corrected chi connectivity index (χ1v) is 9.95. The van der Waals surface area contributed by atoms with Crippen LogP contribution in [0, 0.1) is 0 Å². The first kappa shape index (κ1) is 20.5. The summed E-state index contributed by atoms with van der Waals surface area (Å²) in [5, 5.41) is 7.62. The van der Waals surface area contributed by atoms with E-state index in [-0.39, 0.29) is 5.41 Å². The molecule has 0 spiro atoms. The summed E-state index contributed by atoms with van der Waals surface area (Å²) in [7, 11) is 3.47. The van der Waals surface area contributed by atoms with Crippen molar-refractivity contribution in [2.45, 2.75) is 24.8 Å². The highest BCUT2D eigenvalue weighted by atomic mass is 35.5. The van der Waals surface area contributed by atoms with Crippen LogP contribution in [0.2, 0.25) is 5.02 Å². The molecule has 2 aromatic carbocycles. The Bertz CT molecular complexity index is 787. The van der Waals surface area contributed by atoms with Gasteiger partial charge in [0.15, 0.2) is 5.96 Å². The fourth-order valence-corrected chi connectivity index (χ4v) is 3.77. The maximum atomic E-state index is 6.25. The molecule has 0 unspecified atom stereocenters. The molecule has 1 aliphatic rings. The average Bonchev–Trinajstić information content (AvgIpc) is 2.75. The molecule has 150 valence electrons. The molecule has 2 aromatic rings. The quantitative estimate of drug-likeness (QED) is 0.571. The van der Waals surface area contributed by atoms with Crippen LogP contribution in [-0.4, -0.2) is 39.9 Å². The van der Waals surface area contributed by atoms with E-state index >= 15 is 0 Å². The van der Waals surface area contributed by atoms with Gasteiger partial charge in [-0.25, -0.2) is 0 Å². The monoisotopic (exact) mass is 401 g/mol. The summed E-state index contributed by atoms with van der Waals surface area (Å²) in [6, 6.07) is 16.2. The van der Waals surface area contributed by atoms with E-state index in [0.717, 1.165) is 54.9 Å². The van der Waals surface area contributed by atoms with Crippen LogP contribution in [0.3, 0.4) is 0 Å². The molecule has 0 radical (unpaired) electrons. The summed E-state index contributed by atoms with van der Waals surface area (Å²) in [4.78, 5) is 4.37. The third kappa shape index (κ3) is 4.97. The maximum absolute atomic E-state index is 6.25. The largest absolute Gasteiger partial charge is 0.497 e. The summed E-state index contributed by atoms with van der Waals surface area (Å²) in [5.74, 6) is 1.63. The van der Waals surface area contributed by atoms with Crippen molar-refractivity contribution in [3.63, 3.8) is 0 Å². The van der Waals surface area contributed by atoms with Crippen molar-refractivity contribution in [1.82, 2.24) is 10.6 Å². The molecule has 1 saturated heterocycles. The molecule has 0 aromatic heterocycles. The van der Waals surface area contributed by atoms with E-state index in [0.29, 0.717) is 6.54 Å². The Balaban J connectivity index is 1.67. The van der Waals surface area contributed by atoms with Crippen LogP contribution in [0.1, 0.15) is 24.0 Å². The van der Waals surface area contributed by atoms with E-state index in [2.05, 4.69) is 27.8 Å². The van der Waals surface area contributed by atoms with Gasteiger partial charge in [-0.2, -0.15) is 0 Å². The molecular weight excluding hydrogens is 374 g/mol. The highest BCUT2D eigenvalue weighted by Crippen LogP contribution is 2.35. The van der Waals surface area contributed by atoms with Crippen LogP contribution in [0.5, 0.6) is 5.75 Å². The summed E-state index contributed by atoms with van der Waals surface area (Å²) in [6.45, 7) is 2.93. The van der Waals surface area contributed by atoms with Gasteiger partial charge in [0.1, 0.15) is 5.75 Å². The Morgan fingerprint density at radius 1 is 1.11 bits per heavy atom. The van der Waals surface area contributed by atoms with E-state index in [1.165, 1.54) is 5.56 Å². The molecule has 1 aliphatic heterocycles. The van der Waals surface area contributed by atoms with E-state index in [1.807, 2.05) is 36.4 Å². The molecule has 1 heterocycles. The van der Waals surface area contributed by atoms with Gasteiger partial charge in [-0.3, -0.25) is 4.99 Å². The van der Waals surface area contributed by atoms with Crippen molar-refractivity contribution in [1.29, 1.82) is 0 Å². The number of rotatable bonds is 6. The molecule has 6 heteroatoms. The van der Waals surface area contributed by atoms with Gasteiger partial charge < -0.3 is 20.1 Å². The van der Waals surface area contributed by atoms with Crippen LogP contribution in [0.15, 0.2) is 53.5 Å². The fraction of sp³-hybridized carbons (Fsp3) is 0.409. The van der Waals surface area contributed by atoms with Gasteiger partial charge in [-0.15, -0.1) is 0 Å². The average molecular weight is 402 g/mol. The number of ether oxygens (including phenoxy) is 2. The minimum Gasteiger partial charge on any atom is -0.497 e. The van der Waals surface area contributed by atoms with Crippen LogP contribution >= 0.6 is 11.6 Å². The van der Waals surface area contributed by atoms with Gasteiger partial charge in [0.25, 0.3) is 0 Å². The van der Waals surface area contributed by atoms with Gasteiger partial charge in [0, 0.05) is 43.8 Å². The zero-order valence-corrected chi connectivity index (χ0v) is 17.3. The van der Waals surface area contributed by atoms with Gasteiger partial charge in [0.05, 0.1) is 7.11 Å². The van der Waals surface area contributed by atoms with Crippen molar-refractivity contribution in [3.05, 3.63) is 64.7 Å². The smallest absolute Gasteiger partial charge is 0.191 e. The van der Waals surface area contributed by atoms with Crippen molar-refractivity contribution in [2.75, 3.05) is 33.9 Å². The number of nitrogens with zero attached hydrogens (tertiary/aromatic N) is 1.